The van der Waals surface area contributed by atoms with Crippen LogP contribution in [-0.4, -0.2) is 42.7 Å². The van der Waals surface area contributed by atoms with E-state index in [2.05, 4.69) is 6.58 Å². The van der Waals surface area contributed by atoms with Crippen LogP contribution in [0.2, 0.25) is 0 Å². The molecular formula is C30H29NO6. The van der Waals surface area contributed by atoms with Gasteiger partial charge in [-0.05, 0) is 34.2 Å². The Morgan fingerprint density at radius 3 is 2.08 bits per heavy atom. The number of carbonyl (C=O) groups excluding carboxylic acids is 3. The Morgan fingerprint density at radius 1 is 0.892 bits per heavy atom. The van der Waals surface area contributed by atoms with E-state index in [1.165, 1.54) is 18.1 Å². The van der Waals surface area contributed by atoms with E-state index in [-0.39, 0.29) is 26.1 Å². The van der Waals surface area contributed by atoms with Gasteiger partial charge < -0.3 is 14.2 Å². The zero-order chi connectivity index (χ0) is 26.2. The van der Waals surface area contributed by atoms with E-state index in [9.17, 15) is 14.4 Å². The van der Waals surface area contributed by atoms with E-state index in [0.29, 0.717) is 0 Å². The molecule has 3 aromatic carbocycles. The smallest absolute Gasteiger partial charge is 0.411 e. The Morgan fingerprint density at radius 2 is 1.49 bits per heavy atom. The lowest BCUT2D eigenvalue weighted by atomic mass is 9.99. The Hall–Kier alpha value is -4.39. The minimum Gasteiger partial charge on any atom is -0.461 e. The van der Waals surface area contributed by atoms with E-state index in [1.54, 1.807) is 0 Å². The number of fused-ring (bicyclic) bond motifs is 3. The van der Waals surface area contributed by atoms with Crippen LogP contribution in [0.25, 0.3) is 11.1 Å². The monoisotopic (exact) mass is 499 g/mol. The number of hydrogen-bond donors (Lipinski definition) is 0. The fourth-order valence-corrected chi connectivity index (χ4v) is 4.62. The molecule has 1 unspecified atom stereocenters. The van der Waals surface area contributed by atoms with Crippen molar-refractivity contribution in [3.8, 4) is 11.1 Å². The molecule has 1 aliphatic rings. The number of methoxy groups -OCH3 is 1. The molecule has 1 aliphatic carbocycles. The molecule has 0 fully saturated rings. The molecule has 3 aromatic rings. The van der Waals surface area contributed by atoms with Crippen molar-refractivity contribution in [2.24, 2.45) is 0 Å². The van der Waals surface area contributed by atoms with Gasteiger partial charge in [-0.3, -0.25) is 9.69 Å². The number of nitrogens with zero attached hydrogens (tertiary/aromatic N) is 1. The summed E-state index contributed by atoms with van der Waals surface area (Å²) >= 11 is 0. The van der Waals surface area contributed by atoms with E-state index < -0.39 is 30.1 Å². The molecule has 0 aliphatic heterocycles. The van der Waals surface area contributed by atoms with Crippen LogP contribution < -0.4 is 0 Å². The highest BCUT2D eigenvalue weighted by atomic mass is 16.6. The van der Waals surface area contributed by atoms with Crippen molar-refractivity contribution in [2.45, 2.75) is 31.5 Å². The van der Waals surface area contributed by atoms with Crippen LogP contribution in [-0.2, 0) is 30.4 Å². The summed E-state index contributed by atoms with van der Waals surface area (Å²) in [4.78, 5) is 40.6. The van der Waals surface area contributed by atoms with Crippen LogP contribution in [0.15, 0.2) is 91.5 Å². The lowest BCUT2D eigenvalue weighted by Crippen LogP contribution is -2.48. The van der Waals surface area contributed by atoms with Crippen LogP contribution in [0.3, 0.4) is 0 Å². The van der Waals surface area contributed by atoms with Gasteiger partial charge in [-0.1, -0.05) is 91.5 Å². The van der Waals surface area contributed by atoms with Crippen molar-refractivity contribution in [3.63, 3.8) is 0 Å². The van der Waals surface area contributed by atoms with Gasteiger partial charge in [0.1, 0.15) is 19.3 Å². The maximum absolute atomic E-state index is 13.5. The van der Waals surface area contributed by atoms with Crippen LogP contribution in [0, 0.1) is 0 Å². The predicted octanol–water partition coefficient (Wildman–Crippen LogP) is 5.45. The molecule has 190 valence electrons. The number of carbonyl (C=O) groups is 3. The van der Waals surface area contributed by atoms with E-state index in [1.807, 2.05) is 78.9 Å². The highest BCUT2D eigenvalue weighted by Crippen LogP contribution is 2.47. The van der Waals surface area contributed by atoms with Crippen molar-refractivity contribution in [1.82, 2.24) is 4.90 Å². The van der Waals surface area contributed by atoms with Crippen molar-refractivity contribution in [3.05, 3.63) is 108 Å². The average molecular weight is 500 g/mol. The minimum atomic E-state index is -1.10. The molecule has 0 radical (unpaired) electrons. The van der Waals surface area contributed by atoms with Crippen LogP contribution >= 0.6 is 0 Å². The summed E-state index contributed by atoms with van der Waals surface area (Å²) in [5, 5.41) is 0. The SMILES string of the molecule is C=CCOC(=O)CCC(C(=O)OCc1ccccc1)N(C(=O)OC)C1c2ccccc2-c2ccccc21. The maximum Gasteiger partial charge on any atom is 0.411 e. The topological polar surface area (TPSA) is 82.1 Å². The fraction of sp³-hybridized carbons (Fsp3) is 0.233. The third-order valence-electron chi connectivity index (χ3n) is 6.28. The van der Waals surface area contributed by atoms with Gasteiger partial charge in [0, 0.05) is 6.42 Å². The molecule has 0 saturated carbocycles. The molecule has 37 heavy (non-hydrogen) atoms. The van der Waals surface area contributed by atoms with Crippen LogP contribution in [0.5, 0.6) is 0 Å². The minimum absolute atomic E-state index is 0.000463. The van der Waals surface area contributed by atoms with Crippen LogP contribution in [0.1, 0.15) is 35.6 Å². The quantitative estimate of drug-likeness (QED) is 0.210. The third kappa shape index (κ3) is 5.72. The van der Waals surface area contributed by atoms with Gasteiger partial charge in [0.15, 0.2) is 0 Å². The molecule has 4 rings (SSSR count). The number of hydrogen-bond acceptors (Lipinski definition) is 6. The van der Waals surface area contributed by atoms with Gasteiger partial charge in [-0.25, -0.2) is 9.59 Å². The lowest BCUT2D eigenvalue weighted by molar-refractivity contribution is -0.152. The Balaban J connectivity index is 1.71. The molecule has 7 heteroatoms. The molecule has 0 bridgehead atoms. The Labute approximate surface area is 216 Å². The second kappa shape index (κ2) is 12.0. The van der Waals surface area contributed by atoms with Gasteiger partial charge in [0.05, 0.1) is 13.2 Å². The molecule has 0 spiro atoms. The Bertz CT molecular complexity index is 1230. The Kier molecular flexibility index (Phi) is 8.36. The third-order valence-corrected chi connectivity index (χ3v) is 6.28. The fourth-order valence-electron chi connectivity index (χ4n) is 4.62. The molecule has 0 saturated heterocycles. The molecule has 0 heterocycles. The van der Waals surface area contributed by atoms with Crippen LogP contribution in [0.4, 0.5) is 4.79 Å². The van der Waals surface area contributed by atoms with Gasteiger partial charge in [-0.15, -0.1) is 0 Å². The van der Waals surface area contributed by atoms with Crippen molar-refractivity contribution >= 4 is 18.0 Å². The summed E-state index contributed by atoms with van der Waals surface area (Å²) in [5.74, 6) is -1.13. The summed E-state index contributed by atoms with van der Waals surface area (Å²) < 4.78 is 15.9. The van der Waals surface area contributed by atoms with E-state index in [0.717, 1.165) is 27.8 Å². The summed E-state index contributed by atoms with van der Waals surface area (Å²) in [7, 11) is 1.27. The highest BCUT2D eigenvalue weighted by Gasteiger charge is 2.43. The lowest BCUT2D eigenvalue weighted by Gasteiger charge is -2.35. The summed E-state index contributed by atoms with van der Waals surface area (Å²) in [6.45, 7) is 3.64. The first-order valence-electron chi connectivity index (χ1n) is 12.1. The number of amides is 1. The zero-order valence-electron chi connectivity index (χ0n) is 20.7. The first kappa shape index (κ1) is 25.7. The summed E-state index contributed by atoms with van der Waals surface area (Å²) in [6.07, 6.45) is 0.677. The summed E-state index contributed by atoms with van der Waals surface area (Å²) in [5.41, 5.74) is 4.48. The second-order valence-electron chi connectivity index (χ2n) is 8.57. The average Bonchev–Trinajstić information content (AvgIpc) is 3.27. The van der Waals surface area contributed by atoms with Crippen molar-refractivity contribution in [1.29, 1.82) is 0 Å². The normalized spacial score (nSPS) is 12.6. The predicted molar refractivity (Wildman–Crippen MR) is 138 cm³/mol. The molecule has 7 nitrogen and oxygen atoms in total. The van der Waals surface area contributed by atoms with E-state index >= 15 is 0 Å². The van der Waals surface area contributed by atoms with Crippen molar-refractivity contribution < 1.29 is 28.6 Å². The molecule has 1 atom stereocenters. The number of rotatable bonds is 10. The maximum atomic E-state index is 13.5. The number of ether oxygens (including phenoxy) is 3. The standard InChI is InChI=1S/C30H29NO6/c1-3-19-36-27(32)18-17-26(29(33)37-20-21-11-5-4-6-12-21)31(30(34)35-2)28-24-15-9-7-13-22(24)23-14-8-10-16-25(23)28/h3-16,26,28H,1,17-20H2,2H3. The van der Waals surface area contributed by atoms with Gasteiger partial charge in [-0.2, -0.15) is 0 Å². The van der Waals surface area contributed by atoms with E-state index in [4.69, 9.17) is 14.2 Å². The van der Waals surface area contributed by atoms with Gasteiger partial charge in [0.25, 0.3) is 0 Å². The van der Waals surface area contributed by atoms with Gasteiger partial charge >= 0.3 is 18.0 Å². The molecular weight excluding hydrogens is 470 g/mol. The second-order valence-corrected chi connectivity index (χ2v) is 8.57. The molecule has 0 N–H and O–H groups in total. The van der Waals surface area contributed by atoms with Crippen molar-refractivity contribution in [2.75, 3.05) is 13.7 Å². The summed E-state index contributed by atoms with van der Waals surface area (Å²) in [6, 6.07) is 23.0. The zero-order valence-corrected chi connectivity index (χ0v) is 20.7. The highest BCUT2D eigenvalue weighted by molar-refractivity contribution is 5.86. The first-order valence-corrected chi connectivity index (χ1v) is 12.1. The number of benzene rings is 3. The largest absolute Gasteiger partial charge is 0.461 e. The molecule has 1 amide bonds. The van der Waals surface area contributed by atoms with Gasteiger partial charge in [0.2, 0.25) is 0 Å². The molecule has 0 aromatic heterocycles. The first-order chi connectivity index (χ1) is 18.0. The number of esters is 2.